The number of hydrogen-bond acceptors (Lipinski definition) is 7. The summed E-state index contributed by atoms with van der Waals surface area (Å²) in [6, 6.07) is 17.4. The first-order chi connectivity index (χ1) is 17.3. The molecule has 0 aliphatic heterocycles. The molecule has 0 aromatic heterocycles. The van der Waals surface area contributed by atoms with Gasteiger partial charge < -0.3 is 18.9 Å². The number of benzene rings is 3. The molecule has 8 nitrogen and oxygen atoms in total. The average Bonchev–Trinajstić information content (AvgIpc) is 2.88. The van der Waals surface area contributed by atoms with Crippen molar-refractivity contribution in [3.8, 4) is 23.0 Å². The number of carbonyl (C=O) groups excluding carboxylic acids is 2. The maximum absolute atomic E-state index is 12.7. The molecule has 0 saturated carbocycles. The minimum atomic E-state index is -0.589. The maximum Gasteiger partial charge on any atom is 0.343 e. The van der Waals surface area contributed by atoms with Crippen molar-refractivity contribution in [3.05, 3.63) is 81.8 Å². The highest BCUT2D eigenvalue weighted by Gasteiger charge is 2.15. The number of carbonyl (C=O) groups is 2. The summed E-state index contributed by atoms with van der Waals surface area (Å²) < 4.78 is 22.3. The SMILES string of the molecule is COc1ccc(C(=O)Oc2ccc(Br)cc2/C=N/NC(=O)COc2ccc(C(C)C)cc2)cc1OC. The Labute approximate surface area is 218 Å². The first kappa shape index (κ1) is 26.7. The van der Waals surface area contributed by atoms with Crippen molar-refractivity contribution in [3.63, 3.8) is 0 Å². The van der Waals surface area contributed by atoms with Crippen LogP contribution in [0.4, 0.5) is 0 Å². The highest BCUT2D eigenvalue weighted by atomic mass is 79.9. The van der Waals surface area contributed by atoms with Gasteiger partial charge in [-0.1, -0.05) is 41.9 Å². The number of hydrazone groups is 1. The van der Waals surface area contributed by atoms with Gasteiger partial charge in [-0.2, -0.15) is 5.10 Å². The number of nitrogens with zero attached hydrogens (tertiary/aromatic N) is 1. The fourth-order valence-electron chi connectivity index (χ4n) is 3.14. The Morgan fingerprint density at radius 1 is 0.944 bits per heavy atom. The summed E-state index contributed by atoms with van der Waals surface area (Å²) in [4.78, 5) is 24.9. The van der Waals surface area contributed by atoms with Crippen LogP contribution in [0, 0.1) is 0 Å². The molecule has 0 aliphatic rings. The number of hydrogen-bond donors (Lipinski definition) is 1. The molecule has 36 heavy (non-hydrogen) atoms. The summed E-state index contributed by atoms with van der Waals surface area (Å²) in [6.07, 6.45) is 1.39. The predicted octanol–water partition coefficient (Wildman–Crippen LogP) is 5.34. The highest BCUT2D eigenvalue weighted by molar-refractivity contribution is 9.10. The summed E-state index contributed by atoms with van der Waals surface area (Å²) >= 11 is 3.39. The van der Waals surface area contributed by atoms with Gasteiger partial charge in [-0.05, 0) is 60.0 Å². The van der Waals surface area contributed by atoms with Crippen LogP contribution in [-0.2, 0) is 4.79 Å². The molecule has 188 valence electrons. The zero-order chi connectivity index (χ0) is 26.1. The van der Waals surface area contributed by atoms with E-state index < -0.39 is 11.9 Å². The zero-order valence-corrected chi connectivity index (χ0v) is 22.0. The van der Waals surface area contributed by atoms with Crippen molar-refractivity contribution in [1.29, 1.82) is 0 Å². The van der Waals surface area contributed by atoms with Gasteiger partial charge in [0.25, 0.3) is 5.91 Å². The van der Waals surface area contributed by atoms with Crippen LogP contribution in [0.15, 0.2) is 70.2 Å². The Kier molecular flexibility index (Phi) is 9.46. The first-order valence-electron chi connectivity index (χ1n) is 11.1. The van der Waals surface area contributed by atoms with Crippen LogP contribution >= 0.6 is 15.9 Å². The number of halogens is 1. The van der Waals surface area contributed by atoms with E-state index >= 15 is 0 Å². The van der Waals surface area contributed by atoms with Crippen molar-refractivity contribution in [2.24, 2.45) is 5.10 Å². The molecule has 3 aromatic carbocycles. The lowest BCUT2D eigenvalue weighted by molar-refractivity contribution is -0.123. The summed E-state index contributed by atoms with van der Waals surface area (Å²) in [5, 5.41) is 3.97. The van der Waals surface area contributed by atoms with Crippen LogP contribution in [0.3, 0.4) is 0 Å². The van der Waals surface area contributed by atoms with Gasteiger partial charge in [0.1, 0.15) is 11.5 Å². The predicted molar refractivity (Wildman–Crippen MR) is 140 cm³/mol. The number of amides is 1. The normalized spacial score (nSPS) is 10.8. The van der Waals surface area contributed by atoms with Gasteiger partial charge in [-0.25, -0.2) is 10.2 Å². The molecule has 1 N–H and O–H groups in total. The van der Waals surface area contributed by atoms with Crippen molar-refractivity contribution in [1.82, 2.24) is 5.43 Å². The Hall–Kier alpha value is -3.85. The summed E-state index contributed by atoms with van der Waals surface area (Å²) in [5.41, 5.74) is 4.36. The van der Waals surface area contributed by atoms with E-state index in [0.29, 0.717) is 28.7 Å². The second kappa shape index (κ2) is 12.7. The maximum atomic E-state index is 12.7. The van der Waals surface area contributed by atoms with Gasteiger partial charge in [0.15, 0.2) is 18.1 Å². The van der Waals surface area contributed by atoms with E-state index in [1.165, 1.54) is 32.1 Å². The van der Waals surface area contributed by atoms with Crippen LogP contribution < -0.4 is 24.4 Å². The summed E-state index contributed by atoms with van der Waals surface area (Å²) in [6.45, 7) is 4.02. The molecule has 0 bridgehead atoms. The fourth-order valence-corrected chi connectivity index (χ4v) is 3.52. The third-order valence-corrected chi connectivity index (χ3v) is 5.60. The van der Waals surface area contributed by atoms with Crippen molar-refractivity contribution >= 4 is 34.0 Å². The third kappa shape index (κ3) is 7.32. The molecule has 0 atom stereocenters. The van der Waals surface area contributed by atoms with E-state index in [-0.39, 0.29) is 17.9 Å². The molecule has 0 spiro atoms. The Balaban J connectivity index is 1.62. The first-order valence-corrected chi connectivity index (χ1v) is 11.9. The molecular formula is C27H27BrN2O6. The Bertz CT molecular complexity index is 1240. The molecule has 0 radical (unpaired) electrons. The third-order valence-electron chi connectivity index (χ3n) is 5.10. The van der Waals surface area contributed by atoms with E-state index in [1.54, 1.807) is 30.3 Å². The van der Waals surface area contributed by atoms with E-state index in [2.05, 4.69) is 40.3 Å². The molecule has 0 aliphatic carbocycles. The van der Waals surface area contributed by atoms with Gasteiger partial charge in [-0.3, -0.25) is 4.79 Å². The van der Waals surface area contributed by atoms with Gasteiger partial charge in [-0.15, -0.1) is 0 Å². The van der Waals surface area contributed by atoms with Crippen molar-refractivity contribution in [2.45, 2.75) is 19.8 Å². The van der Waals surface area contributed by atoms with Gasteiger partial charge in [0, 0.05) is 10.0 Å². The lowest BCUT2D eigenvalue weighted by Gasteiger charge is -2.11. The van der Waals surface area contributed by atoms with Crippen molar-refractivity contribution in [2.75, 3.05) is 20.8 Å². The number of methoxy groups -OCH3 is 2. The molecule has 1 amide bonds. The van der Waals surface area contributed by atoms with Crippen LogP contribution in [0.1, 0.15) is 41.3 Å². The largest absolute Gasteiger partial charge is 0.493 e. The molecular weight excluding hydrogens is 528 g/mol. The number of rotatable bonds is 10. The standard InChI is InChI=1S/C27H27BrN2O6/c1-17(2)18-5-9-22(10-6-18)35-16-26(31)30-29-15-20-13-21(28)8-12-23(20)36-27(32)19-7-11-24(33-3)25(14-19)34-4/h5-15,17H,16H2,1-4H3,(H,30,31)/b29-15+. The molecule has 0 saturated heterocycles. The lowest BCUT2D eigenvalue weighted by Crippen LogP contribution is -2.24. The molecule has 0 heterocycles. The molecule has 0 fully saturated rings. The average molecular weight is 555 g/mol. The van der Waals surface area contributed by atoms with Crippen LogP contribution in [0.2, 0.25) is 0 Å². The van der Waals surface area contributed by atoms with E-state index in [9.17, 15) is 9.59 Å². The summed E-state index contributed by atoms with van der Waals surface area (Å²) in [7, 11) is 3.00. The van der Waals surface area contributed by atoms with E-state index in [1.807, 2.05) is 24.3 Å². The van der Waals surface area contributed by atoms with Crippen LogP contribution in [-0.4, -0.2) is 38.9 Å². The number of nitrogens with one attached hydrogen (secondary N) is 1. The monoisotopic (exact) mass is 554 g/mol. The highest BCUT2D eigenvalue weighted by Crippen LogP contribution is 2.29. The molecule has 3 rings (SSSR count). The minimum Gasteiger partial charge on any atom is -0.493 e. The van der Waals surface area contributed by atoms with Crippen LogP contribution in [0.25, 0.3) is 0 Å². The molecule has 0 unspecified atom stereocenters. The second-order valence-corrected chi connectivity index (χ2v) is 8.86. The minimum absolute atomic E-state index is 0.196. The number of ether oxygens (including phenoxy) is 4. The van der Waals surface area contributed by atoms with Crippen molar-refractivity contribution < 1.29 is 28.5 Å². The van der Waals surface area contributed by atoms with Gasteiger partial charge >= 0.3 is 5.97 Å². The second-order valence-electron chi connectivity index (χ2n) is 7.95. The molecule has 3 aromatic rings. The van der Waals surface area contributed by atoms with Gasteiger partial charge in [0.05, 0.1) is 26.0 Å². The molecule has 9 heteroatoms. The van der Waals surface area contributed by atoms with Crippen LogP contribution in [0.5, 0.6) is 23.0 Å². The fraction of sp³-hybridized carbons (Fsp3) is 0.222. The topological polar surface area (TPSA) is 95.5 Å². The number of esters is 1. The zero-order valence-electron chi connectivity index (χ0n) is 20.4. The van der Waals surface area contributed by atoms with E-state index in [4.69, 9.17) is 18.9 Å². The Morgan fingerprint density at radius 2 is 1.64 bits per heavy atom. The lowest BCUT2D eigenvalue weighted by atomic mass is 10.0. The summed E-state index contributed by atoms with van der Waals surface area (Å²) in [5.74, 6) is 1.15. The Morgan fingerprint density at radius 3 is 2.31 bits per heavy atom. The van der Waals surface area contributed by atoms with E-state index in [0.717, 1.165) is 4.47 Å². The van der Waals surface area contributed by atoms with Gasteiger partial charge in [0.2, 0.25) is 0 Å². The quantitative estimate of drug-likeness (QED) is 0.157. The smallest absolute Gasteiger partial charge is 0.343 e.